The first-order chi connectivity index (χ1) is 14.0. The number of aromatic nitrogens is 1. The van der Waals surface area contributed by atoms with Gasteiger partial charge < -0.3 is 14.4 Å². The van der Waals surface area contributed by atoms with Gasteiger partial charge in [-0.15, -0.1) is 0 Å². The Balaban J connectivity index is 2.24. The van der Waals surface area contributed by atoms with Crippen LogP contribution in [0, 0.1) is 0 Å². The van der Waals surface area contributed by atoms with Crippen molar-refractivity contribution in [3.63, 3.8) is 0 Å². The molecule has 1 aromatic heterocycles. The molecule has 0 spiro atoms. The number of fused-ring (bicyclic) bond motifs is 1. The van der Waals surface area contributed by atoms with Crippen molar-refractivity contribution >= 4 is 28.2 Å². The van der Waals surface area contributed by atoms with Crippen LogP contribution in [0.15, 0.2) is 53.3 Å². The molecule has 0 aliphatic heterocycles. The Morgan fingerprint density at radius 2 is 1.63 bits per heavy atom. The lowest BCUT2D eigenvalue weighted by molar-refractivity contribution is -0.136. The first kappa shape index (κ1) is 21.4. The normalized spacial score (nSPS) is 11.6. The number of carbonyl (C=O) groups excluding carboxylic acids is 1. The molecule has 1 heterocycles. The van der Waals surface area contributed by atoms with Gasteiger partial charge in [0.2, 0.25) is 5.91 Å². The molecular weight excluding hydrogens is 395 g/mol. The van der Waals surface area contributed by atoms with Gasteiger partial charge in [-0.3, -0.25) is 9.59 Å². The summed E-state index contributed by atoms with van der Waals surface area (Å²) in [5.41, 5.74) is -0.422. The summed E-state index contributed by atoms with van der Waals surface area (Å²) in [5, 5.41) is -0.0951. The summed E-state index contributed by atoms with van der Waals surface area (Å²) >= 11 is 0. The predicted molar refractivity (Wildman–Crippen MR) is 112 cm³/mol. The number of amides is 1. The zero-order chi connectivity index (χ0) is 22.2. The minimum Gasteiger partial charge on any atom is -0.377 e. The smallest absolute Gasteiger partial charge is 0.377 e. The first-order valence-electron chi connectivity index (χ1n) is 9.24. The minimum absolute atomic E-state index is 0.0273. The monoisotopic (exact) mass is 417 g/mol. The van der Waals surface area contributed by atoms with Crippen molar-refractivity contribution in [2.75, 3.05) is 30.9 Å². The number of alkyl halides is 3. The van der Waals surface area contributed by atoms with Crippen molar-refractivity contribution in [3.05, 3.63) is 70.0 Å². The molecule has 5 nitrogen and oxygen atoms in total. The second-order valence-electron chi connectivity index (χ2n) is 7.25. The number of hydrogen-bond donors (Lipinski definition) is 0. The Kier molecular flexibility index (Phi) is 5.61. The second-order valence-corrected chi connectivity index (χ2v) is 7.25. The van der Waals surface area contributed by atoms with Crippen LogP contribution in [0.5, 0.6) is 0 Å². The number of likely N-dealkylation sites (N-methyl/N-ethyl adjacent to an activating group) is 1. The summed E-state index contributed by atoms with van der Waals surface area (Å²) in [6.45, 7) is 0. The van der Waals surface area contributed by atoms with Crippen LogP contribution in [-0.2, 0) is 24.4 Å². The summed E-state index contributed by atoms with van der Waals surface area (Å²) in [6, 6.07) is 12.6. The van der Waals surface area contributed by atoms with E-state index in [1.165, 1.54) is 33.5 Å². The molecule has 1 amide bonds. The van der Waals surface area contributed by atoms with Gasteiger partial charge in [0, 0.05) is 39.3 Å². The SMILES string of the molecule is CN(C)c1c(CC(=O)N(C)c2ccccc2)c(=O)n(C)c2cccc(C(F)(F)F)c12. The third kappa shape index (κ3) is 3.77. The second kappa shape index (κ2) is 7.85. The third-order valence-corrected chi connectivity index (χ3v) is 5.09. The molecule has 0 unspecified atom stereocenters. The van der Waals surface area contributed by atoms with Gasteiger partial charge in [0.25, 0.3) is 5.56 Å². The maximum Gasteiger partial charge on any atom is 0.417 e. The van der Waals surface area contributed by atoms with Gasteiger partial charge in [0.15, 0.2) is 0 Å². The zero-order valence-corrected chi connectivity index (χ0v) is 17.1. The van der Waals surface area contributed by atoms with Gasteiger partial charge in [-0.1, -0.05) is 24.3 Å². The summed E-state index contributed by atoms with van der Waals surface area (Å²) in [4.78, 5) is 28.8. The number of aryl methyl sites for hydroxylation is 1. The molecule has 0 N–H and O–H groups in total. The number of carbonyl (C=O) groups is 1. The highest BCUT2D eigenvalue weighted by Crippen LogP contribution is 2.39. The molecule has 0 fully saturated rings. The number of anilines is 2. The molecule has 0 bridgehead atoms. The van der Waals surface area contributed by atoms with E-state index in [1.807, 2.05) is 6.07 Å². The molecule has 30 heavy (non-hydrogen) atoms. The lowest BCUT2D eigenvalue weighted by Gasteiger charge is -2.25. The summed E-state index contributed by atoms with van der Waals surface area (Å²) in [5.74, 6) is -0.398. The van der Waals surface area contributed by atoms with Crippen LogP contribution in [-0.4, -0.2) is 31.6 Å². The lowest BCUT2D eigenvalue weighted by atomic mass is 10.00. The number of nitrogens with zero attached hydrogens (tertiary/aromatic N) is 3. The van der Waals surface area contributed by atoms with E-state index >= 15 is 0 Å². The topological polar surface area (TPSA) is 45.6 Å². The molecule has 8 heteroatoms. The Labute approximate surface area is 171 Å². The number of pyridine rings is 1. The average molecular weight is 417 g/mol. The van der Waals surface area contributed by atoms with E-state index in [0.717, 1.165) is 6.07 Å². The molecule has 0 aliphatic carbocycles. The summed E-state index contributed by atoms with van der Waals surface area (Å²) in [7, 11) is 6.12. The molecule has 0 saturated carbocycles. The van der Waals surface area contributed by atoms with Crippen LogP contribution in [0.3, 0.4) is 0 Å². The van der Waals surface area contributed by atoms with E-state index in [4.69, 9.17) is 0 Å². The highest BCUT2D eigenvalue weighted by atomic mass is 19.4. The fourth-order valence-corrected chi connectivity index (χ4v) is 3.59. The fraction of sp³-hybridized carbons (Fsp3) is 0.273. The van der Waals surface area contributed by atoms with Crippen LogP contribution in [0.4, 0.5) is 24.5 Å². The van der Waals surface area contributed by atoms with Crippen molar-refractivity contribution in [3.8, 4) is 0 Å². The zero-order valence-electron chi connectivity index (χ0n) is 17.1. The van der Waals surface area contributed by atoms with Crippen molar-refractivity contribution in [2.45, 2.75) is 12.6 Å². The van der Waals surface area contributed by atoms with Crippen LogP contribution < -0.4 is 15.4 Å². The van der Waals surface area contributed by atoms with Crippen molar-refractivity contribution in [1.82, 2.24) is 4.57 Å². The fourth-order valence-electron chi connectivity index (χ4n) is 3.59. The third-order valence-electron chi connectivity index (χ3n) is 5.09. The molecular formula is C22H22F3N3O2. The van der Waals surface area contributed by atoms with E-state index in [2.05, 4.69) is 0 Å². The largest absolute Gasteiger partial charge is 0.417 e. The van der Waals surface area contributed by atoms with Crippen molar-refractivity contribution < 1.29 is 18.0 Å². The van der Waals surface area contributed by atoms with Gasteiger partial charge in [0.1, 0.15) is 0 Å². The van der Waals surface area contributed by atoms with E-state index in [0.29, 0.717) is 5.69 Å². The van der Waals surface area contributed by atoms with Crippen LogP contribution >= 0.6 is 0 Å². The minimum atomic E-state index is -4.61. The van der Waals surface area contributed by atoms with E-state index in [1.54, 1.807) is 45.4 Å². The summed E-state index contributed by atoms with van der Waals surface area (Å²) in [6.07, 6.45) is -4.93. The van der Waals surface area contributed by atoms with E-state index in [-0.39, 0.29) is 28.6 Å². The Bertz CT molecular complexity index is 1150. The lowest BCUT2D eigenvalue weighted by Crippen LogP contribution is -2.33. The standard InChI is InChI=1S/C22H22F3N3O2/c1-26(2)20-15(13-18(29)27(3)14-9-6-5-7-10-14)21(30)28(4)17-12-8-11-16(19(17)20)22(23,24)25/h5-12H,13H2,1-4H3. The van der Waals surface area contributed by atoms with E-state index in [9.17, 15) is 22.8 Å². The quantitative estimate of drug-likeness (QED) is 0.648. The summed E-state index contributed by atoms with van der Waals surface area (Å²) < 4.78 is 42.4. The highest BCUT2D eigenvalue weighted by Gasteiger charge is 2.35. The van der Waals surface area contributed by atoms with Gasteiger partial charge in [-0.25, -0.2) is 0 Å². The Morgan fingerprint density at radius 3 is 2.20 bits per heavy atom. The molecule has 2 aromatic carbocycles. The average Bonchev–Trinajstić information content (AvgIpc) is 2.70. The Morgan fingerprint density at radius 1 is 1.00 bits per heavy atom. The molecule has 0 atom stereocenters. The van der Waals surface area contributed by atoms with Gasteiger partial charge >= 0.3 is 6.18 Å². The van der Waals surface area contributed by atoms with Crippen LogP contribution in [0.2, 0.25) is 0 Å². The van der Waals surface area contributed by atoms with E-state index < -0.39 is 23.2 Å². The van der Waals surface area contributed by atoms with Crippen molar-refractivity contribution in [2.24, 2.45) is 7.05 Å². The predicted octanol–water partition coefficient (Wildman–Crippen LogP) is 3.83. The van der Waals surface area contributed by atoms with Gasteiger partial charge in [-0.2, -0.15) is 13.2 Å². The van der Waals surface area contributed by atoms with Crippen LogP contribution in [0.1, 0.15) is 11.1 Å². The Hall–Kier alpha value is -3.29. The first-order valence-corrected chi connectivity index (χ1v) is 9.24. The molecule has 0 radical (unpaired) electrons. The maximum atomic E-state index is 13.8. The molecule has 3 aromatic rings. The molecule has 158 valence electrons. The van der Waals surface area contributed by atoms with Gasteiger partial charge in [-0.05, 0) is 24.3 Å². The highest BCUT2D eigenvalue weighted by molar-refractivity contribution is 6.00. The number of benzene rings is 2. The van der Waals surface area contributed by atoms with Gasteiger partial charge in [0.05, 0.1) is 28.8 Å². The van der Waals surface area contributed by atoms with Crippen LogP contribution in [0.25, 0.3) is 10.9 Å². The number of hydrogen-bond acceptors (Lipinski definition) is 3. The number of para-hydroxylation sites is 1. The molecule has 3 rings (SSSR count). The molecule has 0 aliphatic rings. The van der Waals surface area contributed by atoms with Crippen molar-refractivity contribution in [1.29, 1.82) is 0 Å². The maximum absolute atomic E-state index is 13.8. The number of rotatable bonds is 4. The number of halogens is 3. The molecule has 0 saturated heterocycles.